The normalized spacial score (nSPS) is 14.7. The third-order valence-corrected chi connectivity index (χ3v) is 5.22. The number of halogens is 1. The molecule has 1 aliphatic carbocycles. The quantitative estimate of drug-likeness (QED) is 0.814. The van der Waals surface area contributed by atoms with E-state index < -0.39 is 10.0 Å². The Morgan fingerprint density at radius 1 is 1.45 bits per heavy atom. The summed E-state index contributed by atoms with van der Waals surface area (Å²) in [5.74, 6) is 0.381. The van der Waals surface area contributed by atoms with Gasteiger partial charge in [0, 0.05) is 26.1 Å². The molecule has 0 spiro atoms. The fraction of sp³-hybridized carbons (Fsp3) is 0.500. The molecule has 6 nitrogen and oxygen atoms in total. The lowest BCUT2D eigenvalue weighted by Crippen LogP contribution is -2.38. The number of hydrogen-bond acceptors (Lipinski definition) is 4. The van der Waals surface area contributed by atoms with Crippen LogP contribution in [-0.4, -0.2) is 45.5 Å². The maximum absolute atomic E-state index is 12.2. The zero-order chi connectivity index (χ0) is 16.3. The molecule has 1 fully saturated rings. The molecule has 1 N–H and O–H groups in total. The Morgan fingerprint density at radius 2 is 2.14 bits per heavy atom. The predicted octanol–water partition coefficient (Wildman–Crippen LogP) is 1.64. The summed E-state index contributed by atoms with van der Waals surface area (Å²) in [6, 6.07) is 4.53. The summed E-state index contributed by atoms with van der Waals surface area (Å²) < 4.78 is 31.9. The van der Waals surface area contributed by atoms with Crippen LogP contribution in [0.3, 0.4) is 0 Å². The number of carbonyl (C=O) groups excluding carboxylic acids is 1. The molecule has 1 aromatic carbocycles. The van der Waals surface area contributed by atoms with Gasteiger partial charge in [-0.15, -0.1) is 0 Å². The van der Waals surface area contributed by atoms with E-state index in [0.29, 0.717) is 12.3 Å². The first-order valence-corrected chi connectivity index (χ1v) is 8.81. The summed E-state index contributed by atoms with van der Waals surface area (Å²) in [5.41, 5.74) is 0. The van der Waals surface area contributed by atoms with E-state index in [1.165, 1.54) is 32.2 Å². The average Bonchev–Trinajstić information content (AvgIpc) is 3.27. The minimum atomic E-state index is -3.66. The number of methoxy groups -OCH3 is 1. The fourth-order valence-electron chi connectivity index (χ4n) is 2.18. The molecular weight excluding hydrogens is 328 g/mol. The van der Waals surface area contributed by atoms with Crippen molar-refractivity contribution in [3.05, 3.63) is 23.2 Å². The number of sulfonamides is 1. The van der Waals surface area contributed by atoms with Crippen molar-refractivity contribution in [2.45, 2.75) is 30.7 Å². The molecule has 0 bridgehead atoms. The highest BCUT2D eigenvalue weighted by Gasteiger charge is 2.30. The SMILES string of the molecule is COc1ccc(S(=O)(=O)NCCN(C(C)=O)C2CC2)cc1Cl. The molecule has 1 amide bonds. The lowest BCUT2D eigenvalue weighted by Gasteiger charge is -2.20. The maximum atomic E-state index is 12.2. The van der Waals surface area contributed by atoms with E-state index in [0.717, 1.165) is 12.8 Å². The Labute approximate surface area is 135 Å². The molecule has 0 heterocycles. The third-order valence-electron chi connectivity index (χ3n) is 3.47. The number of nitrogens with zero attached hydrogens (tertiary/aromatic N) is 1. The van der Waals surface area contributed by atoms with Crippen molar-refractivity contribution in [3.8, 4) is 5.75 Å². The molecule has 0 aliphatic heterocycles. The molecule has 2 rings (SSSR count). The van der Waals surface area contributed by atoms with Gasteiger partial charge >= 0.3 is 0 Å². The van der Waals surface area contributed by atoms with Gasteiger partial charge in [0.2, 0.25) is 15.9 Å². The average molecular weight is 347 g/mol. The zero-order valence-electron chi connectivity index (χ0n) is 12.5. The highest BCUT2D eigenvalue weighted by Crippen LogP contribution is 2.27. The van der Waals surface area contributed by atoms with Crippen LogP contribution in [0.15, 0.2) is 23.1 Å². The van der Waals surface area contributed by atoms with Crippen LogP contribution in [0.1, 0.15) is 19.8 Å². The maximum Gasteiger partial charge on any atom is 0.240 e. The molecule has 0 aromatic heterocycles. The van der Waals surface area contributed by atoms with E-state index in [1.807, 2.05) is 0 Å². The van der Waals surface area contributed by atoms with Crippen LogP contribution in [0.2, 0.25) is 5.02 Å². The number of benzene rings is 1. The van der Waals surface area contributed by atoms with E-state index in [2.05, 4.69) is 4.72 Å². The number of rotatable bonds is 7. The van der Waals surface area contributed by atoms with Gasteiger partial charge in [-0.3, -0.25) is 4.79 Å². The van der Waals surface area contributed by atoms with E-state index in [1.54, 1.807) is 4.90 Å². The Bertz CT molecular complexity index is 659. The predicted molar refractivity (Wildman–Crippen MR) is 83.6 cm³/mol. The Morgan fingerprint density at radius 3 is 2.64 bits per heavy atom. The van der Waals surface area contributed by atoms with Crippen molar-refractivity contribution in [1.82, 2.24) is 9.62 Å². The van der Waals surface area contributed by atoms with Gasteiger partial charge in [0.1, 0.15) is 5.75 Å². The minimum Gasteiger partial charge on any atom is -0.495 e. The van der Waals surface area contributed by atoms with Crippen molar-refractivity contribution in [2.24, 2.45) is 0 Å². The monoisotopic (exact) mass is 346 g/mol. The van der Waals surface area contributed by atoms with E-state index >= 15 is 0 Å². The first-order valence-electron chi connectivity index (χ1n) is 6.95. The summed E-state index contributed by atoms with van der Waals surface area (Å²) >= 11 is 5.94. The molecule has 0 radical (unpaired) electrons. The van der Waals surface area contributed by atoms with Gasteiger partial charge in [-0.1, -0.05) is 11.6 Å². The second-order valence-corrected chi connectivity index (χ2v) is 7.31. The van der Waals surface area contributed by atoms with E-state index in [9.17, 15) is 13.2 Å². The number of nitrogens with one attached hydrogen (secondary N) is 1. The van der Waals surface area contributed by atoms with Gasteiger partial charge in [0.05, 0.1) is 17.0 Å². The molecule has 0 atom stereocenters. The highest BCUT2D eigenvalue weighted by atomic mass is 35.5. The van der Waals surface area contributed by atoms with Crippen LogP contribution in [-0.2, 0) is 14.8 Å². The zero-order valence-corrected chi connectivity index (χ0v) is 14.1. The summed E-state index contributed by atoms with van der Waals surface area (Å²) in [7, 11) is -2.20. The lowest BCUT2D eigenvalue weighted by atomic mass is 10.3. The summed E-state index contributed by atoms with van der Waals surface area (Å²) in [6.45, 7) is 2.03. The number of carbonyl (C=O) groups is 1. The summed E-state index contributed by atoms with van der Waals surface area (Å²) in [6.07, 6.45) is 1.97. The van der Waals surface area contributed by atoms with Crippen LogP contribution in [0.5, 0.6) is 5.75 Å². The van der Waals surface area contributed by atoms with Crippen molar-refractivity contribution in [2.75, 3.05) is 20.2 Å². The molecule has 8 heteroatoms. The topological polar surface area (TPSA) is 75.7 Å². The van der Waals surface area contributed by atoms with Crippen LogP contribution in [0, 0.1) is 0 Å². The molecule has 1 saturated carbocycles. The van der Waals surface area contributed by atoms with Crippen LogP contribution >= 0.6 is 11.6 Å². The molecule has 0 saturated heterocycles. The van der Waals surface area contributed by atoms with Gasteiger partial charge in [0.15, 0.2) is 0 Å². The minimum absolute atomic E-state index is 0.0332. The Balaban J connectivity index is 1.98. The second kappa shape index (κ2) is 6.85. The van der Waals surface area contributed by atoms with Gasteiger partial charge in [-0.2, -0.15) is 0 Å². The number of amides is 1. The first-order chi connectivity index (χ1) is 10.3. The molecule has 1 aromatic rings. The number of hydrogen-bond donors (Lipinski definition) is 1. The van der Waals surface area contributed by atoms with Crippen LogP contribution in [0.25, 0.3) is 0 Å². The molecule has 122 valence electrons. The Kier molecular flexibility index (Phi) is 5.31. The van der Waals surface area contributed by atoms with Crippen LogP contribution in [0.4, 0.5) is 0 Å². The van der Waals surface area contributed by atoms with Crippen molar-refractivity contribution >= 4 is 27.5 Å². The fourth-order valence-corrected chi connectivity index (χ4v) is 3.55. The first kappa shape index (κ1) is 17.1. The summed E-state index contributed by atoms with van der Waals surface area (Å²) in [4.78, 5) is 13.3. The smallest absolute Gasteiger partial charge is 0.240 e. The highest BCUT2D eigenvalue weighted by molar-refractivity contribution is 7.89. The van der Waals surface area contributed by atoms with E-state index in [-0.39, 0.29) is 28.4 Å². The third kappa shape index (κ3) is 4.12. The van der Waals surface area contributed by atoms with Gasteiger partial charge in [0.25, 0.3) is 0 Å². The van der Waals surface area contributed by atoms with Crippen LogP contribution < -0.4 is 9.46 Å². The lowest BCUT2D eigenvalue weighted by molar-refractivity contribution is -0.129. The van der Waals surface area contributed by atoms with Crippen molar-refractivity contribution < 1.29 is 17.9 Å². The molecular formula is C14H19ClN2O4S. The molecule has 1 aliphatic rings. The number of ether oxygens (including phenoxy) is 1. The van der Waals surface area contributed by atoms with Gasteiger partial charge < -0.3 is 9.64 Å². The summed E-state index contributed by atoms with van der Waals surface area (Å²) in [5, 5.41) is 0.230. The Hall–Kier alpha value is -1.31. The van der Waals surface area contributed by atoms with Crippen molar-refractivity contribution in [3.63, 3.8) is 0 Å². The van der Waals surface area contributed by atoms with E-state index in [4.69, 9.17) is 16.3 Å². The largest absolute Gasteiger partial charge is 0.495 e. The molecule has 0 unspecified atom stereocenters. The van der Waals surface area contributed by atoms with Gasteiger partial charge in [-0.05, 0) is 31.0 Å². The van der Waals surface area contributed by atoms with Crippen molar-refractivity contribution in [1.29, 1.82) is 0 Å². The second-order valence-electron chi connectivity index (χ2n) is 5.14. The van der Waals surface area contributed by atoms with Gasteiger partial charge in [-0.25, -0.2) is 13.1 Å². The molecule has 22 heavy (non-hydrogen) atoms. The standard InChI is InChI=1S/C14H19ClN2O4S/c1-10(18)17(11-3-4-11)8-7-16-22(19,20)12-5-6-14(21-2)13(15)9-12/h5-6,9,11,16H,3-4,7-8H2,1-2H3.